The number of aromatic nitrogens is 3. The second-order valence-corrected chi connectivity index (χ2v) is 2.14. The lowest BCUT2D eigenvalue weighted by molar-refractivity contribution is -0.277. The number of hydrogen-bond donors (Lipinski definition) is 0. The first-order chi connectivity index (χ1) is 6.94. The van der Waals surface area contributed by atoms with Crippen LogP contribution in [0, 0.1) is 0 Å². The van der Waals surface area contributed by atoms with Crippen LogP contribution in [-0.4, -0.2) is 35.5 Å². The summed E-state index contributed by atoms with van der Waals surface area (Å²) < 4.78 is 47.9. The average Bonchev–Trinajstić information content (AvgIpc) is 2.14. The van der Waals surface area contributed by atoms with Gasteiger partial charge in [-0.15, -0.1) is 28.1 Å². The first-order valence-electron chi connectivity index (χ1n) is 3.54. The molecule has 0 aliphatic rings. The van der Waals surface area contributed by atoms with E-state index in [1.54, 1.807) is 0 Å². The third-order valence-corrected chi connectivity index (χ3v) is 1.15. The molecule has 15 heavy (non-hydrogen) atoms. The molecule has 0 aliphatic heterocycles. The van der Waals surface area contributed by atoms with Crippen molar-refractivity contribution in [2.45, 2.75) is 6.36 Å². The minimum atomic E-state index is -4.88. The van der Waals surface area contributed by atoms with Gasteiger partial charge in [-0.3, -0.25) is 0 Å². The predicted octanol–water partition coefficient (Wildman–Crippen LogP) is 0.787. The fourth-order valence-electron chi connectivity index (χ4n) is 0.652. The van der Waals surface area contributed by atoms with Gasteiger partial charge in [-0.05, 0) is 0 Å². The molecule has 0 fully saturated rings. The summed E-state index contributed by atoms with van der Waals surface area (Å²) >= 11 is 0. The van der Waals surface area contributed by atoms with Crippen molar-refractivity contribution in [3.8, 4) is 18.0 Å². The molecule has 0 bridgehead atoms. The topological polar surface area (TPSA) is 66.4 Å². The Morgan fingerprint density at radius 3 is 1.60 bits per heavy atom. The molecule has 0 aliphatic carbocycles. The van der Waals surface area contributed by atoms with E-state index in [2.05, 4.69) is 29.2 Å². The molecular weight excluding hydrogens is 219 g/mol. The van der Waals surface area contributed by atoms with Gasteiger partial charge in [0.1, 0.15) is 0 Å². The maximum Gasteiger partial charge on any atom is 0.575 e. The lowest BCUT2D eigenvalue weighted by atomic mass is 10.9. The van der Waals surface area contributed by atoms with E-state index in [1.807, 2.05) is 0 Å². The van der Waals surface area contributed by atoms with E-state index < -0.39 is 12.4 Å². The lowest BCUT2D eigenvalue weighted by Gasteiger charge is -2.07. The van der Waals surface area contributed by atoms with Gasteiger partial charge >= 0.3 is 24.4 Å². The van der Waals surface area contributed by atoms with Crippen LogP contribution in [0.1, 0.15) is 0 Å². The van der Waals surface area contributed by atoms with Gasteiger partial charge in [0.15, 0.2) is 0 Å². The van der Waals surface area contributed by atoms with E-state index in [0.717, 1.165) is 0 Å². The van der Waals surface area contributed by atoms with Crippen molar-refractivity contribution in [2.75, 3.05) is 14.2 Å². The summed E-state index contributed by atoms with van der Waals surface area (Å²) in [5, 5.41) is 0. The molecule has 0 spiro atoms. The highest BCUT2D eigenvalue weighted by atomic mass is 19.4. The van der Waals surface area contributed by atoms with Crippen LogP contribution in [0.15, 0.2) is 0 Å². The molecule has 0 unspecified atom stereocenters. The van der Waals surface area contributed by atoms with Crippen LogP contribution in [-0.2, 0) is 0 Å². The number of hydrogen-bond acceptors (Lipinski definition) is 6. The minimum Gasteiger partial charge on any atom is -0.467 e. The maximum atomic E-state index is 11.8. The molecule has 84 valence electrons. The van der Waals surface area contributed by atoms with E-state index in [1.165, 1.54) is 14.2 Å². The van der Waals surface area contributed by atoms with Crippen molar-refractivity contribution < 1.29 is 27.4 Å². The molecule has 0 saturated heterocycles. The van der Waals surface area contributed by atoms with E-state index in [-0.39, 0.29) is 12.0 Å². The standard InChI is InChI=1S/C6H6F3N3O3/c1-13-3-10-4(14-2)12-5(11-3)15-6(7,8)9/h1-2H3. The second kappa shape index (κ2) is 4.15. The molecule has 1 aromatic heterocycles. The van der Waals surface area contributed by atoms with Crippen molar-refractivity contribution in [3.05, 3.63) is 0 Å². The number of nitrogens with zero attached hydrogens (tertiary/aromatic N) is 3. The highest BCUT2D eigenvalue weighted by molar-refractivity contribution is 5.08. The number of halogens is 3. The summed E-state index contributed by atoms with van der Waals surface area (Å²) in [6.45, 7) is 0. The Balaban J connectivity index is 2.97. The van der Waals surface area contributed by atoms with Crippen LogP contribution in [0.3, 0.4) is 0 Å². The van der Waals surface area contributed by atoms with E-state index in [9.17, 15) is 13.2 Å². The molecule has 9 heteroatoms. The zero-order valence-corrected chi connectivity index (χ0v) is 7.70. The Morgan fingerprint density at radius 1 is 0.867 bits per heavy atom. The van der Waals surface area contributed by atoms with E-state index in [4.69, 9.17) is 0 Å². The normalized spacial score (nSPS) is 11.0. The highest BCUT2D eigenvalue weighted by Crippen LogP contribution is 2.21. The Kier molecular flexibility index (Phi) is 3.12. The summed E-state index contributed by atoms with van der Waals surface area (Å²) in [6, 6.07) is -1.60. The second-order valence-electron chi connectivity index (χ2n) is 2.14. The van der Waals surface area contributed by atoms with Crippen LogP contribution in [0.4, 0.5) is 13.2 Å². The van der Waals surface area contributed by atoms with Crippen LogP contribution >= 0.6 is 0 Å². The molecule has 0 radical (unpaired) electrons. The van der Waals surface area contributed by atoms with Gasteiger partial charge in [-0.2, -0.15) is 0 Å². The quantitative estimate of drug-likeness (QED) is 0.757. The van der Waals surface area contributed by atoms with Gasteiger partial charge in [-0.1, -0.05) is 0 Å². The van der Waals surface area contributed by atoms with Crippen molar-refractivity contribution in [3.63, 3.8) is 0 Å². The van der Waals surface area contributed by atoms with Gasteiger partial charge < -0.3 is 14.2 Å². The Bertz CT molecular complexity index is 322. The summed E-state index contributed by atoms with van der Waals surface area (Å²) in [7, 11) is 2.37. The maximum absolute atomic E-state index is 11.8. The molecule has 6 nitrogen and oxygen atoms in total. The summed E-state index contributed by atoms with van der Waals surface area (Å²) in [4.78, 5) is 9.92. The van der Waals surface area contributed by atoms with Crippen molar-refractivity contribution in [1.29, 1.82) is 0 Å². The summed E-state index contributed by atoms with van der Waals surface area (Å²) in [5.74, 6) is 0. The fourth-order valence-corrected chi connectivity index (χ4v) is 0.652. The lowest BCUT2D eigenvalue weighted by Crippen LogP contribution is -2.19. The third kappa shape index (κ3) is 3.44. The SMILES string of the molecule is COc1nc(OC)nc(OC(F)(F)F)n1. The van der Waals surface area contributed by atoms with Gasteiger partial charge in [0.25, 0.3) is 0 Å². The summed E-state index contributed by atoms with van der Waals surface area (Å²) in [6.07, 6.45) is -4.88. The monoisotopic (exact) mass is 225 g/mol. The minimum absolute atomic E-state index is 0.332. The van der Waals surface area contributed by atoms with Crippen LogP contribution < -0.4 is 14.2 Å². The highest BCUT2D eigenvalue weighted by Gasteiger charge is 2.33. The molecule has 0 saturated carbocycles. The Labute approximate surface area is 82.0 Å². The molecular formula is C6H6F3N3O3. The molecule has 1 aromatic rings. The number of ether oxygens (including phenoxy) is 3. The molecule has 0 atom stereocenters. The van der Waals surface area contributed by atoms with Gasteiger partial charge in [0, 0.05) is 0 Å². The molecule has 0 amide bonds. The smallest absolute Gasteiger partial charge is 0.467 e. The predicted molar refractivity (Wildman–Crippen MR) is 39.6 cm³/mol. The van der Waals surface area contributed by atoms with Crippen LogP contribution in [0.2, 0.25) is 0 Å². The van der Waals surface area contributed by atoms with Crippen LogP contribution in [0.25, 0.3) is 0 Å². The van der Waals surface area contributed by atoms with Gasteiger partial charge in [-0.25, -0.2) is 0 Å². The van der Waals surface area contributed by atoms with Crippen molar-refractivity contribution in [1.82, 2.24) is 15.0 Å². The first-order valence-corrected chi connectivity index (χ1v) is 3.54. The van der Waals surface area contributed by atoms with Crippen LogP contribution in [0.5, 0.6) is 18.0 Å². The molecule has 1 rings (SSSR count). The fraction of sp³-hybridized carbons (Fsp3) is 0.500. The molecule has 0 N–H and O–H groups in total. The number of alkyl halides is 3. The first kappa shape index (κ1) is 11.3. The van der Waals surface area contributed by atoms with Gasteiger partial charge in [0.05, 0.1) is 14.2 Å². The van der Waals surface area contributed by atoms with Crippen molar-refractivity contribution >= 4 is 0 Å². The Hall–Kier alpha value is -1.80. The summed E-state index contributed by atoms with van der Waals surface area (Å²) in [5.41, 5.74) is 0. The van der Waals surface area contributed by atoms with E-state index in [0.29, 0.717) is 0 Å². The number of methoxy groups -OCH3 is 2. The zero-order valence-electron chi connectivity index (χ0n) is 7.70. The molecule has 0 aromatic carbocycles. The Morgan fingerprint density at radius 2 is 1.27 bits per heavy atom. The van der Waals surface area contributed by atoms with Crippen molar-refractivity contribution in [2.24, 2.45) is 0 Å². The zero-order chi connectivity index (χ0) is 11.5. The third-order valence-electron chi connectivity index (χ3n) is 1.15. The van der Waals surface area contributed by atoms with Gasteiger partial charge in [0.2, 0.25) is 0 Å². The van der Waals surface area contributed by atoms with E-state index >= 15 is 0 Å². The average molecular weight is 225 g/mol. The number of rotatable bonds is 3. The molecule has 1 heterocycles. The largest absolute Gasteiger partial charge is 0.575 e.